The molecule has 7 nitrogen and oxygen atoms in total. The molecule has 0 fully saturated rings. The van der Waals surface area contributed by atoms with Crippen molar-refractivity contribution in [3.05, 3.63) is 35.9 Å². The molecule has 0 aromatic heterocycles. The van der Waals surface area contributed by atoms with Gasteiger partial charge in [-0.3, -0.25) is 0 Å². The SMILES string of the molecule is CC(C)(C)OC(=O)C(CSC[C@@H](N)CN)NC(=O)OCc1ccccc1. The molecule has 2 atom stereocenters. The summed E-state index contributed by atoms with van der Waals surface area (Å²) in [5.74, 6) is 0.391. The lowest BCUT2D eigenvalue weighted by Crippen LogP contribution is -2.46. The molecule has 0 saturated heterocycles. The van der Waals surface area contributed by atoms with Gasteiger partial charge < -0.3 is 26.3 Å². The highest BCUT2D eigenvalue weighted by Crippen LogP contribution is 2.12. The van der Waals surface area contributed by atoms with Gasteiger partial charge in [-0.15, -0.1) is 0 Å². The maximum absolute atomic E-state index is 12.4. The highest BCUT2D eigenvalue weighted by molar-refractivity contribution is 7.99. The fourth-order valence-electron chi connectivity index (χ4n) is 1.85. The molecule has 1 aromatic carbocycles. The molecule has 5 N–H and O–H groups in total. The van der Waals surface area contributed by atoms with Crippen LogP contribution in [0.15, 0.2) is 30.3 Å². The number of benzene rings is 1. The summed E-state index contributed by atoms with van der Waals surface area (Å²) in [5.41, 5.74) is 11.5. The third kappa shape index (κ3) is 9.65. The first kappa shape index (κ1) is 22.3. The Morgan fingerprint density at radius 1 is 1.19 bits per heavy atom. The topological polar surface area (TPSA) is 117 Å². The first-order chi connectivity index (χ1) is 12.2. The van der Waals surface area contributed by atoms with Gasteiger partial charge in [0.1, 0.15) is 18.2 Å². The van der Waals surface area contributed by atoms with Crippen LogP contribution in [0, 0.1) is 0 Å². The minimum atomic E-state index is -0.826. The molecule has 0 spiro atoms. The van der Waals surface area contributed by atoms with Crippen molar-refractivity contribution < 1.29 is 19.1 Å². The predicted molar refractivity (Wildman–Crippen MR) is 104 cm³/mol. The number of alkyl carbamates (subject to hydrolysis) is 1. The molecule has 0 aliphatic rings. The average Bonchev–Trinajstić information content (AvgIpc) is 2.58. The van der Waals surface area contributed by atoms with Crippen molar-refractivity contribution in [2.75, 3.05) is 18.1 Å². The third-order valence-electron chi connectivity index (χ3n) is 3.12. The second-order valence-corrected chi connectivity index (χ2v) is 7.90. The maximum Gasteiger partial charge on any atom is 0.408 e. The van der Waals surface area contributed by atoms with Gasteiger partial charge in [0.25, 0.3) is 0 Å². The summed E-state index contributed by atoms with van der Waals surface area (Å²) in [7, 11) is 0. The van der Waals surface area contributed by atoms with Crippen molar-refractivity contribution in [1.29, 1.82) is 0 Å². The van der Waals surface area contributed by atoms with Crippen LogP contribution in [0.4, 0.5) is 4.79 Å². The van der Waals surface area contributed by atoms with Gasteiger partial charge in [-0.1, -0.05) is 30.3 Å². The lowest BCUT2D eigenvalue weighted by Gasteiger charge is -2.24. The minimum absolute atomic E-state index is 0.124. The van der Waals surface area contributed by atoms with Crippen molar-refractivity contribution in [1.82, 2.24) is 5.32 Å². The highest BCUT2D eigenvalue weighted by atomic mass is 32.2. The minimum Gasteiger partial charge on any atom is -0.458 e. The van der Waals surface area contributed by atoms with Gasteiger partial charge in [-0.2, -0.15) is 11.8 Å². The molecule has 0 aliphatic heterocycles. The van der Waals surface area contributed by atoms with E-state index in [-0.39, 0.29) is 12.6 Å². The van der Waals surface area contributed by atoms with Crippen LogP contribution in [0.25, 0.3) is 0 Å². The van der Waals surface area contributed by atoms with Crippen LogP contribution in [0.2, 0.25) is 0 Å². The molecule has 1 unspecified atom stereocenters. The second-order valence-electron chi connectivity index (χ2n) is 6.83. The number of nitrogens with one attached hydrogen (secondary N) is 1. The van der Waals surface area contributed by atoms with Crippen LogP contribution in [0.1, 0.15) is 26.3 Å². The van der Waals surface area contributed by atoms with Gasteiger partial charge in [0, 0.05) is 24.1 Å². The molecule has 26 heavy (non-hydrogen) atoms. The zero-order chi connectivity index (χ0) is 19.6. The Morgan fingerprint density at radius 3 is 2.42 bits per heavy atom. The molecule has 0 bridgehead atoms. The molecule has 1 amide bonds. The van der Waals surface area contributed by atoms with Crippen molar-refractivity contribution in [2.45, 2.75) is 45.1 Å². The van der Waals surface area contributed by atoms with E-state index in [1.165, 1.54) is 11.8 Å². The fourth-order valence-corrected chi connectivity index (χ4v) is 2.88. The summed E-state index contributed by atoms with van der Waals surface area (Å²) in [6, 6.07) is 8.31. The number of nitrogens with two attached hydrogens (primary N) is 2. The molecule has 1 aromatic rings. The lowest BCUT2D eigenvalue weighted by atomic mass is 10.2. The Morgan fingerprint density at radius 2 is 1.85 bits per heavy atom. The van der Waals surface area contributed by atoms with Crippen molar-refractivity contribution in [3.63, 3.8) is 0 Å². The quantitative estimate of drug-likeness (QED) is 0.555. The summed E-state index contributed by atoms with van der Waals surface area (Å²) in [6.07, 6.45) is -0.673. The number of thioether (sulfide) groups is 1. The third-order valence-corrected chi connectivity index (χ3v) is 4.35. The Hall–Kier alpha value is -1.77. The summed E-state index contributed by atoms with van der Waals surface area (Å²) >= 11 is 1.43. The molecule has 0 radical (unpaired) electrons. The number of rotatable bonds is 9. The molecular weight excluding hydrogens is 354 g/mol. The van der Waals surface area contributed by atoms with Gasteiger partial charge >= 0.3 is 12.1 Å². The smallest absolute Gasteiger partial charge is 0.408 e. The molecule has 8 heteroatoms. The zero-order valence-electron chi connectivity index (χ0n) is 15.6. The van der Waals surface area contributed by atoms with E-state index in [1.807, 2.05) is 30.3 Å². The first-order valence-corrected chi connectivity index (χ1v) is 9.60. The zero-order valence-corrected chi connectivity index (χ0v) is 16.4. The molecular formula is C18H29N3O4S. The maximum atomic E-state index is 12.4. The summed E-state index contributed by atoms with van der Waals surface area (Å²) in [4.78, 5) is 24.4. The molecule has 1 rings (SSSR count). The second kappa shape index (κ2) is 11.1. The van der Waals surface area contributed by atoms with E-state index in [2.05, 4.69) is 5.32 Å². The number of hydrogen-bond donors (Lipinski definition) is 3. The van der Waals surface area contributed by atoms with E-state index in [9.17, 15) is 9.59 Å². The van der Waals surface area contributed by atoms with Gasteiger partial charge in [0.05, 0.1) is 0 Å². The van der Waals surface area contributed by atoms with Crippen molar-refractivity contribution in [2.24, 2.45) is 11.5 Å². The van der Waals surface area contributed by atoms with E-state index in [1.54, 1.807) is 20.8 Å². The van der Waals surface area contributed by atoms with E-state index >= 15 is 0 Å². The van der Waals surface area contributed by atoms with Gasteiger partial charge in [0.2, 0.25) is 0 Å². The van der Waals surface area contributed by atoms with E-state index in [4.69, 9.17) is 20.9 Å². The predicted octanol–water partition coefficient (Wildman–Crippen LogP) is 1.64. The monoisotopic (exact) mass is 383 g/mol. The number of hydrogen-bond acceptors (Lipinski definition) is 7. The van der Waals surface area contributed by atoms with Gasteiger partial charge in [-0.05, 0) is 26.3 Å². The van der Waals surface area contributed by atoms with Gasteiger partial charge in [-0.25, -0.2) is 9.59 Å². The van der Waals surface area contributed by atoms with Crippen LogP contribution in [-0.4, -0.2) is 47.8 Å². The fraction of sp³-hybridized carbons (Fsp3) is 0.556. The van der Waals surface area contributed by atoms with Gasteiger partial charge in [0.15, 0.2) is 0 Å². The highest BCUT2D eigenvalue weighted by Gasteiger charge is 2.27. The van der Waals surface area contributed by atoms with Crippen LogP contribution in [0.5, 0.6) is 0 Å². The van der Waals surface area contributed by atoms with E-state index in [0.717, 1.165) is 5.56 Å². The Kier molecular flexibility index (Phi) is 9.47. The number of amides is 1. The Labute approximate surface area is 159 Å². The van der Waals surface area contributed by atoms with E-state index < -0.39 is 23.7 Å². The van der Waals surface area contributed by atoms with E-state index in [0.29, 0.717) is 18.1 Å². The molecule has 146 valence electrons. The van der Waals surface area contributed by atoms with Crippen molar-refractivity contribution >= 4 is 23.8 Å². The first-order valence-electron chi connectivity index (χ1n) is 8.44. The summed E-state index contributed by atoms with van der Waals surface area (Å²) < 4.78 is 10.5. The van der Waals surface area contributed by atoms with Crippen molar-refractivity contribution in [3.8, 4) is 0 Å². The lowest BCUT2D eigenvalue weighted by molar-refractivity contribution is -0.156. The Bertz CT molecular complexity index is 563. The number of carbonyl (C=O) groups excluding carboxylic acids is 2. The Balaban J connectivity index is 2.58. The molecule has 0 saturated carbocycles. The standard InChI is InChI=1S/C18H29N3O4S/c1-18(2,3)25-16(22)15(12-26-11-14(20)9-19)21-17(23)24-10-13-7-5-4-6-8-13/h4-8,14-15H,9-12,19-20H2,1-3H3,(H,21,23)/t14-,15?/m0/s1. The average molecular weight is 384 g/mol. The normalized spacial score (nSPS) is 13.6. The number of esters is 1. The van der Waals surface area contributed by atoms with Crippen LogP contribution >= 0.6 is 11.8 Å². The number of ether oxygens (including phenoxy) is 2. The molecule has 0 heterocycles. The van der Waals surface area contributed by atoms with Crippen LogP contribution < -0.4 is 16.8 Å². The molecule has 0 aliphatic carbocycles. The summed E-state index contributed by atoms with van der Waals surface area (Å²) in [6.45, 7) is 5.79. The van der Waals surface area contributed by atoms with Crippen LogP contribution in [0.3, 0.4) is 0 Å². The largest absolute Gasteiger partial charge is 0.458 e. The number of carbonyl (C=O) groups is 2. The van der Waals surface area contributed by atoms with Crippen LogP contribution in [-0.2, 0) is 20.9 Å². The summed E-state index contributed by atoms with van der Waals surface area (Å²) in [5, 5.41) is 2.57.